The molecule has 0 aliphatic heterocycles. The Bertz CT molecular complexity index is 405. The normalized spacial score (nSPS) is 14.7. The summed E-state index contributed by atoms with van der Waals surface area (Å²) in [6.07, 6.45) is 2.50. The van der Waals surface area contributed by atoms with Gasteiger partial charge in [0.25, 0.3) is 0 Å². The van der Waals surface area contributed by atoms with Gasteiger partial charge < -0.3 is 4.90 Å². The second-order valence-corrected chi connectivity index (χ2v) is 4.07. The molecule has 1 aromatic rings. The van der Waals surface area contributed by atoms with Crippen LogP contribution in [0.3, 0.4) is 0 Å². The van der Waals surface area contributed by atoms with E-state index >= 15 is 0 Å². The molecule has 0 unspecified atom stereocenters. The molecule has 2 rings (SSSR count). The summed E-state index contributed by atoms with van der Waals surface area (Å²) in [5, 5.41) is 8.88. The Kier molecular flexibility index (Phi) is 2.59. The van der Waals surface area contributed by atoms with Crippen LogP contribution in [-0.4, -0.2) is 13.6 Å². The lowest BCUT2D eigenvalue weighted by atomic mass is 10.1. The van der Waals surface area contributed by atoms with E-state index in [9.17, 15) is 4.39 Å². The molecule has 0 N–H and O–H groups in total. The van der Waals surface area contributed by atoms with Crippen LogP contribution in [0.5, 0.6) is 0 Å². The zero-order valence-corrected chi connectivity index (χ0v) is 8.70. The van der Waals surface area contributed by atoms with Gasteiger partial charge in [-0.15, -0.1) is 0 Å². The largest absolute Gasteiger partial charge is 0.373 e. The molecular weight excluding hydrogens is 191 g/mol. The number of nitrogens with zero attached hydrogens (tertiary/aromatic N) is 2. The maximum atomic E-state index is 13.3. The first-order chi connectivity index (χ1) is 7.22. The van der Waals surface area contributed by atoms with Crippen molar-refractivity contribution in [1.29, 1.82) is 5.26 Å². The first kappa shape index (κ1) is 9.97. The molecule has 1 aliphatic rings. The Morgan fingerprint density at radius 2 is 2.27 bits per heavy atom. The van der Waals surface area contributed by atoms with Crippen LogP contribution in [0.2, 0.25) is 0 Å². The number of halogens is 1. The van der Waals surface area contributed by atoms with Crippen LogP contribution in [0.1, 0.15) is 18.4 Å². The molecule has 0 saturated heterocycles. The molecule has 1 fully saturated rings. The summed E-state index contributed by atoms with van der Waals surface area (Å²) in [5.74, 6) is 0.294. The standard InChI is InChI=1S/C12H13FN2/c1-15(8-9-5-6-9)12-4-2-3-11(13)10(12)7-14/h2-4,9H,5-6,8H2,1H3. The van der Waals surface area contributed by atoms with Crippen molar-refractivity contribution in [2.45, 2.75) is 12.8 Å². The Hall–Kier alpha value is -1.56. The topological polar surface area (TPSA) is 27.0 Å². The van der Waals surface area contributed by atoms with Crippen molar-refractivity contribution < 1.29 is 4.39 Å². The summed E-state index contributed by atoms with van der Waals surface area (Å²) in [6.45, 7) is 0.915. The van der Waals surface area contributed by atoms with Gasteiger partial charge in [-0.1, -0.05) is 6.07 Å². The molecule has 1 aliphatic carbocycles. The number of rotatable bonds is 3. The van der Waals surface area contributed by atoms with Gasteiger partial charge in [0.05, 0.1) is 5.69 Å². The minimum absolute atomic E-state index is 0.153. The molecule has 0 atom stereocenters. The van der Waals surface area contributed by atoms with Crippen LogP contribution in [-0.2, 0) is 0 Å². The van der Waals surface area contributed by atoms with Crippen LogP contribution in [0.4, 0.5) is 10.1 Å². The highest BCUT2D eigenvalue weighted by atomic mass is 19.1. The molecule has 78 valence electrons. The smallest absolute Gasteiger partial charge is 0.143 e. The summed E-state index contributed by atoms with van der Waals surface area (Å²) >= 11 is 0. The van der Waals surface area contributed by atoms with Gasteiger partial charge in [0, 0.05) is 13.6 Å². The molecule has 0 radical (unpaired) electrons. The SMILES string of the molecule is CN(CC1CC1)c1cccc(F)c1C#N. The number of anilines is 1. The van der Waals surface area contributed by atoms with Crippen LogP contribution < -0.4 is 4.90 Å². The molecule has 0 spiro atoms. The molecule has 0 amide bonds. The van der Waals surface area contributed by atoms with E-state index in [4.69, 9.17) is 5.26 Å². The summed E-state index contributed by atoms with van der Waals surface area (Å²) in [7, 11) is 1.91. The fourth-order valence-electron chi connectivity index (χ4n) is 1.73. The molecule has 1 saturated carbocycles. The lowest BCUT2D eigenvalue weighted by Gasteiger charge is -2.20. The first-order valence-electron chi connectivity index (χ1n) is 5.12. The third-order valence-corrected chi connectivity index (χ3v) is 2.74. The van der Waals surface area contributed by atoms with Gasteiger partial charge in [0.15, 0.2) is 0 Å². The first-order valence-corrected chi connectivity index (χ1v) is 5.12. The van der Waals surface area contributed by atoms with Gasteiger partial charge in [0.2, 0.25) is 0 Å². The third kappa shape index (κ3) is 2.10. The summed E-state index contributed by atoms with van der Waals surface area (Å²) in [5.41, 5.74) is 0.852. The van der Waals surface area contributed by atoms with Crippen molar-refractivity contribution >= 4 is 5.69 Å². The number of benzene rings is 1. The molecule has 15 heavy (non-hydrogen) atoms. The lowest BCUT2D eigenvalue weighted by Crippen LogP contribution is -2.21. The monoisotopic (exact) mass is 204 g/mol. The molecule has 3 heteroatoms. The highest BCUT2D eigenvalue weighted by Gasteiger charge is 2.24. The van der Waals surface area contributed by atoms with Gasteiger partial charge in [-0.3, -0.25) is 0 Å². The van der Waals surface area contributed by atoms with Gasteiger partial charge in [-0.2, -0.15) is 5.26 Å². The van der Waals surface area contributed by atoms with Crippen LogP contribution >= 0.6 is 0 Å². The molecule has 0 aromatic heterocycles. The zero-order valence-electron chi connectivity index (χ0n) is 8.70. The minimum atomic E-state index is -0.433. The average Bonchev–Trinajstić information content (AvgIpc) is 3.01. The van der Waals surface area contributed by atoms with Gasteiger partial charge in [-0.25, -0.2) is 4.39 Å². The van der Waals surface area contributed by atoms with E-state index in [0.29, 0.717) is 5.69 Å². The van der Waals surface area contributed by atoms with Crippen molar-refractivity contribution in [3.8, 4) is 6.07 Å². The lowest BCUT2D eigenvalue weighted by molar-refractivity contribution is 0.622. The van der Waals surface area contributed by atoms with Crippen molar-refractivity contribution in [3.05, 3.63) is 29.6 Å². The molecule has 1 aromatic carbocycles. The van der Waals surface area contributed by atoms with E-state index in [-0.39, 0.29) is 5.56 Å². The number of nitriles is 1. The maximum Gasteiger partial charge on any atom is 0.143 e. The predicted octanol–water partition coefficient (Wildman–Crippen LogP) is 2.54. The van der Waals surface area contributed by atoms with Crippen molar-refractivity contribution in [1.82, 2.24) is 0 Å². The maximum absolute atomic E-state index is 13.3. The highest BCUT2D eigenvalue weighted by molar-refractivity contribution is 5.59. The van der Waals surface area contributed by atoms with Crippen molar-refractivity contribution in [2.24, 2.45) is 5.92 Å². The summed E-state index contributed by atoms with van der Waals surface area (Å²) in [4.78, 5) is 1.97. The fourth-order valence-corrected chi connectivity index (χ4v) is 1.73. The Morgan fingerprint density at radius 1 is 1.53 bits per heavy atom. The second kappa shape index (κ2) is 3.90. The van der Waals surface area contributed by atoms with Crippen molar-refractivity contribution in [3.63, 3.8) is 0 Å². The third-order valence-electron chi connectivity index (χ3n) is 2.74. The Morgan fingerprint density at radius 3 is 2.87 bits per heavy atom. The molecule has 2 nitrogen and oxygen atoms in total. The van der Waals surface area contributed by atoms with Gasteiger partial charge >= 0.3 is 0 Å². The van der Waals surface area contributed by atoms with E-state index < -0.39 is 5.82 Å². The van der Waals surface area contributed by atoms with Crippen LogP contribution in [0.15, 0.2) is 18.2 Å². The van der Waals surface area contributed by atoms with Gasteiger partial charge in [-0.05, 0) is 30.9 Å². The van der Waals surface area contributed by atoms with E-state index in [2.05, 4.69) is 0 Å². The number of hydrogen-bond acceptors (Lipinski definition) is 2. The van der Waals surface area contributed by atoms with Crippen LogP contribution in [0, 0.1) is 23.1 Å². The Labute approximate surface area is 88.9 Å². The minimum Gasteiger partial charge on any atom is -0.373 e. The molecule has 0 heterocycles. The fraction of sp³-hybridized carbons (Fsp3) is 0.417. The van der Waals surface area contributed by atoms with Crippen LogP contribution in [0.25, 0.3) is 0 Å². The highest BCUT2D eigenvalue weighted by Crippen LogP contribution is 2.32. The zero-order chi connectivity index (χ0) is 10.8. The molecule has 0 bridgehead atoms. The van der Waals surface area contributed by atoms with E-state index in [1.165, 1.54) is 18.9 Å². The van der Waals surface area contributed by atoms with Gasteiger partial charge in [0.1, 0.15) is 17.4 Å². The summed E-state index contributed by atoms with van der Waals surface area (Å²) in [6, 6.07) is 6.69. The average molecular weight is 204 g/mol. The summed E-state index contributed by atoms with van der Waals surface area (Å²) < 4.78 is 13.3. The van der Waals surface area contributed by atoms with E-state index in [1.807, 2.05) is 18.0 Å². The number of hydrogen-bond donors (Lipinski definition) is 0. The Balaban J connectivity index is 2.25. The second-order valence-electron chi connectivity index (χ2n) is 4.07. The quantitative estimate of drug-likeness (QED) is 0.756. The van der Waals surface area contributed by atoms with Crippen molar-refractivity contribution in [2.75, 3.05) is 18.5 Å². The van der Waals surface area contributed by atoms with E-state index in [1.54, 1.807) is 12.1 Å². The molecular formula is C12H13FN2. The van der Waals surface area contributed by atoms with E-state index in [0.717, 1.165) is 12.5 Å². The predicted molar refractivity (Wildman–Crippen MR) is 57.1 cm³/mol.